The monoisotopic (exact) mass is 362 g/mol. The van der Waals surface area contributed by atoms with Gasteiger partial charge in [-0.2, -0.15) is 13.2 Å². The third-order valence-corrected chi connectivity index (χ3v) is 4.14. The zero-order chi connectivity index (χ0) is 18.2. The van der Waals surface area contributed by atoms with Crippen LogP contribution in [-0.4, -0.2) is 30.9 Å². The highest BCUT2D eigenvalue weighted by Crippen LogP contribution is 2.38. The van der Waals surface area contributed by atoms with Gasteiger partial charge in [-0.15, -0.1) is 0 Å². The molecule has 0 aromatic heterocycles. The Balaban J connectivity index is 2.36. The largest absolute Gasteiger partial charge is 0.392 e. The first-order valence-electron chi connectivity index (χ1n) is 6.98. The Bertz CT molecular complexity index is 688. The minimum atomic E-state index is -4.60. The summed E-state index contributed by atoms with van der Waals surface area (Å²) < 4.78 is 38.2. The van der Waals surface area contributed by atoms with Crippen molar-refractivity contribution in [2.75, 3.05) is 16.8 Å². The first kappa shape index (κ1) is 18.3. The molecule has 0 unspecified atom stereocenters. The molecule has 24 heavy (non-hydrogen) atoms. The zero-order valence-corrected chi connectivity index (χ0v) is 13.6. The summed E-state index contributed by atoms with van der Waals surface area (Å²) in [5.74, 6) is -4.18. The number of carbonyl (C=O) groups is 3. The van der Waals surface area contributed by atoms with Crippen molar-refractivity contribution >= 4 is 40.7 Å². The summed E-state index contributed by atoms with van der Waals surface area (Å²) in [6.45, 7) is 1.30. The van der Waals surface area contributed by atoms with E-state index in [4.69, 9.17) is 11.6 Å². The fraction of sp³-hybridized carbons (Fsp3) is 0.400. The molecule has 0 N–H and O–H groups in total. The molecule has 1 aromatic rings. The SMILES string of the molecule is CC(=O)N(C)c1cc(N2C(=O)CC(C(F)(F)F)CC2=O)ccc1Cl. The van der Waals surface area contributed by atoms with E-state index >= 15 is 0 Å². The van der Waals surface area contributed by atoms with E-state index in [1.807, 2.05) is 0 Å². The zero-order valence-electron chi connectivity index (χ0n) is 12.9. The van der Waals surface area contributed by atoms with Gasteiger partial charge in [-0.3, -0.25) is 19.3 Å². The maximum Gasteiger partial charge on any atom is 0.392 e. The summed E-state index contributed by atoms with van der Waals surface area (Å²) in [4.78, 5) is 37.5. The molecule has 1 fully saturated rings. The number of amides is 3. The van der Waals surface area contributed by atoms with Gasteiger partial charge in [-0.05, 0) is 18.2 Å². The van der Waals surface area contributed by atoms with Crippen LogP contribution in [0.5, 0.6) is 0 Å². The Morgan fingerprint density at radius 1 is 1.25 bits per heavy atom. The molecule has 0 spiro atoms. The van der Waals surface area contributed by atoms with Crippen molar-refractivity contribution in [1.29, 1.82) is 0 Å². The number of hydrogen-bond donors (Lipinski definition) is 0. The summed E-state index contributed by atoms with van der Waals surface area (Å²) >= 11 is 6.00. The van der Waals surface area contributed by atoms with Gasteiger partial charge in [0.25, 0.3) is 0 Å². The molecule has 1 aliphatic rings. The van der Waals surface area contributed by atoms with Crippen LogP contribution in [0.4, 0.5) is 24.5 Å². The van der Waals surface area contributed by atoms with Gasteiger partial charge in [-0.1, -0.05) is 11.6 Å². The van der Waals surface area contributed by atoms with Crippen LogP contribution in [0.25, 0.3) is 0 Å². The van der Waals surface area contributed by atoms with Crippen LogP contribution in [0.3, 0.4) is 0 Å². The normalized spacial score (nSPS) is 16.5. The lowest BCUT2D eigenvalue weighted by atomic mass is 9.94. The summed E-state index contributed by atoms with van der Waals surface area (Å²) in [5.41, 5.74) is 0.332. The number of alkyl halides is 3. The van der Waals surface area contributed by atoms with E-state index in [0.29, 0.717) is 4.90 Å². The second kappa shape index (κ2) is 6.43. The number of anilines is 2. The van der Waals surface area contributed by atoms with Crippen LogP contribution < -0.4 is 9.80 Å². The molecular formula is C15H14ClF3N2O3. The van der Waals surface area contributed by atoms with E-state index < -0.39 is 36.8 Å². The molecule has 0 bridgehead atoms. The fourth-order valence-corrected chi connectivity index (χ4v) is 2.65. The predicted octanol–water partition coefficient (Wildman–Crippen LogP) is 3.15. The molecule has 1 heterocycles. The van der Waals surface area contributed by atoms with Crippen molar-refractivity contribution < 1.29 is 27.6 Å². The van der Waals surface area contributed by atoms with Crippen molar-refractivity contribution in [2.45, 2.75) is 25.9 Å². The average molecular weight is 363 g/mol. The second-order valence-corrected chi connectivity index (χ2v) is 5.89. The first-order valence-corrected chi connectivity index (χ1v) is 7.36. The molecule has 1 aliphatic heterocycles. The number of carbonyl (C=O) groups excluding carboxylic acids is 3. The quantitative estimate of drug-likeness (QED) is 0.759. The topological polar surface area (TPSA) is 57.7 Å². The molecular weight excluding hydrogens is 349 g/mol. The number of nitrogens with zero attached hydrogens (tertiary/aromatic N) is 2. The van der Waals surface area contributed by atoms with Gasteiger partial charge in [0.05, 0.1) is 22.3 Å². The van der Waals surface area contributed by atoms with E-state index in [-0.39, 0.29) is 22.3 Å². The van der Waals surface area contributed by atoms with E-state index in [0.717, 1.165) is 0 Å². The maximum absolute atomic E-state index is 12.7. The Morgan fingerprint density at radius 3 is 2.25 bits per heavy atom. The Hall–Kier alpha value is -2.09. The average Bonchev–Trinajstić information content (AvgIpc) is 2.46. The van der Waals surface area contributed by atoms with Crippen LogP contribution >= 0.6 is 11.6 Å². The van der Waals surface area contributed by atoms with E-state index in [2.05, 4.69) is 0 Å². The molecule has 3 amide bonds. The minimum absolute atomic E-state index is 0.0816. The summed E-state index contributed by atoms with van der Waals surface area (Å²) in [7, 11) is 1.45. The number of rotatable bonds is 2. The van der Waals surface area contributed by atoms with Crippen LogP contribution in [0.15, 0.2) is 18.2 Å². The number of halogens is 4. The van der Waals surface area contributed by atoms with Crippen LogP contribution in [0.2, 0.25) is 5.02 Å². The molecule has 130 valence electrons. The predicted molar refractivity (Wildman–Crippen MR) is 81.8 cm³/mol. The maximum atomic E-state index is 12.7. The summed E-state index contributed by atoms with van der Waals surface area (Å²) in [6.07, 6.45) is -6.19. The molecule has 0 saturated carbocycles. The summed E-state index contributed by atoms with van der Waals surface area (Å²) in [5, 5.41) is 0.210. The van der Waals surface area contributed by atoms with E-state index in [9.17, 15) is 27.6 Å². The number of piperidine rings is 1. The van der Waals surface area contributed by atoms with Gasteiger partial charge in [-0.25, -0.2) is 0 Å². The lowest BCUT2D eigenvalue weighted by molar-refractivity contribution is -0.185. The Kier molecular flexibility index (Phi) is 4.89. The summed E-state index contributed by atoms with van der Waals surface area (Å²) in [6, 6.07) is 4.05. The van der Waals surface area contributed by atoms with E-state index in [1.165, 1.54) is 37.1 Å². The highest BCUT2D eigenvalue weighted by atomic mass is 35.5. The molecule has 2 rings (SSSR count). The molecule has 1 aromatic carbocycles. The lowest BCUT2D eigenvalue weighted by Crippen LogP contribution is -2.47. The van der Waals surface area contributed by atoms with Gasteiger partial charge in [0.15, 0.2) is 0 Å². The standard InChI is InChI=1S/C15H14ClF3N2O3/c1-8(22)20(2)12-7-10(3-4-11(12)16)21-13(23)5-9(6-14(21)24)15(17,18)19/h3-4,7,9H,5-6H2,1-2H3. The minimum Gasteiger partial charge on any atom is -0.314 e. The fourth-order valence-electron chi connectivity index (χ4n) is 2.40. The smallest absolute Gasteiger partial charge is 0.314 e. The molecule has 9 heteroatoms. The van der Waals surface area contributed by atoms with Gasteiger partial charge in [0.1, 0.15) is 0 Å². The highest BCUT2D eigenvalue weighted by molar-refractivity contribution is 6.34. The van der Waals surface area contributed by atoms with Gasteiger partial charge < -0.3 is 4.90 Å². The van der Waals surface area contributed by atoms with Gasteiger partial charge in [0.2, 0.25) is 17.7 Å². The number of imide groups is 1. The Morgan fingerprint density at radius 2 is 1.79 bits per heavy atom. The van der Waals surface area contributed by atoms with Crippen LogP contribution in [-0.2, 0) is 14.4 Å². The Labute approximate surface area is 141 Å². The van der Waals surface area contributed by atoms with Gasteiger partial charge >= 0.3 is 6.18 Å². The highest BCUT2D eigenvalue weighted by Gasteiger charge is 2.47. The molecule has 0 aliphatic carbocycles. The molecule has 1 saturated heterocycles. The molecule has 0 atom stereocenters. The number of hydrogen-bond acceptors (Lipinski definition) is 3. The van der Waals surface area contributed by atoms with Gasteiger partial charge in [0, 0.05) is 26.8 Å². The van der Waals surface area contributed by atoms with Crippen molar-refractivity contribution in [2.24, 2.45) is 5.92 Å². The molecule has 5 nitrogen and oxygen atoms in total. The first-order chi connectivity index (χ1) is 11.0. The van der Waals surface area contributed by atoms with Crippen molar-refractivity contribution in [1.82, 2.24) is 0 Å². The van der Waals surface area contributed by atoms with Crippen LogP contribution in [0.1, 0.15) is 19.8 Å². The van der Waals surface area contributed by atoms with Crippen molar-refractivity contribution in [3.05, 3.63) is 23.2 Å². The second-order valence-electron chi connectivity index (χ2n) is 5.48. The van der Waals surface area contributed by atoms with Crippen molar-refractivity contribution in [3.63, 3.8) is 0 Å². The van der Waals surface area contributed by atoms with Crippen LogP contribution in [0, 0.1) is 5.92 Å². The molecule has 0 radical (unpaired) electrons. The number of benzene rings is 1. The third kappa shape index (κ3) is 3.53. The van der Waals surface area contributed by atoms with Crippen molar-refractivity contribution in [3.8, 4) is 0 Å². The van der Waals surface area contributed by atoms with E-state index in [1.54, 1.807) is 0 Å². The third-order valence-electron chi connectivity index (χ3n) is 3.83. The lowest BCUT2D eigenvalue weighted by Gasteiger charge is -2.31.